The Morgan fingerprint density at radius 2 is 2.00 bits per heavy atom. The minimum Gasteiger partial charge on any atom is -0.443 e. The molecule has 0 saturated carbocycles. The maximum absolute atomic E-state index is 13.0. The van der Waals surface area contributed by atoms with E-state index in [9.17, 15) is 9.59 Å². The van der Waals surface area contributed by atoms with Crippen LogP contribution in [0.4, 0.5) is 16.2 Å². The molecule has 0 fully saturated rings. The highest BCUT2D eigenvalue weighted by Crippen LogP contribution is 2.43. The number of hydrogen-bond donors (Lipinski definition) is 2. The van der Waals surface area contributed by atoms with Gasteiger partial charge in [-0.05, 0) is 63.9 Å². The largest absolute Gasteiger partial charge is 0.443 e. The number of thiophene rings is 1. The Balaban J connectivity index is 1.46. The average molecular weight is 501 g/mol. The Morgan fingerprint density at radius 3 is 2.81 bits per heavy atom. The molecule has 2 aromatic heterocycles. The molecule has 4 heterocycles. The molecule has 8 heteroatoms. The topological polar surface area (TPSA) is 83.6 Å². The van der Waals surface area contributed by atoms with Crippen molar-refractivity contribution in [3.05, 3.63) is 52.9 Å². The van der Waals surface area contributed by atoms with Crippen molar-refractivity contribution >= 4 is 55.7 Å². The second-order valence-corrected chi connectivity index (χ2v) is 11.5. The Bertz CT molecular complexity index is 1550. The van der Waals surface area contributed by atoms with Crippen LogP contribution in [0.1, 0.15) is 42.9 Å². The van der Waals surface area contributed by atoms with E-state index in [1.54, 1.807) is 4.90 Å². The third kappa shape index (κ3) is 3.76. The smallest absolute Gasteiger partial charge is 0.414 e. The van der Waals surface area contributed by atoms with Crippen LogP contribution in [0, 0.1) is 0 Å². The highest BCUT2D eigenvalue weighted by Gasteiger charge is 2.32. The number of fused-ring (bicyclic) bond motifs is 6. The highest BCUT2D eigenvalue weighted by molar-refractivity contribution is 7.21. The molecule has 36 heavy (non-hydrogen) atoms. The first-order chi connectivity index (χ1) is 17.2. The van der Waals surface area contributed by atoms with Crippen molar-refractivity contribution in [2.45, 2.75) is 45.8 Å². The number of nitrogens with one attached hydrogen (secondary N) is 2. The third-order valence-electron chi connectivity index (χ3n) is 6.57. The van der Waals surface area contributed by atoms with Crippen molar-refractivity contribution in [1.29, 1.82) is 0 Å². The van der Waals surface area contributed by atoms with E-state index in [0.29, 0.717) is 18.0 Å². The normalized spacial score (nSPS) is 17.4. The molecule has 0 bridgehead atoms. The van der Waals surface area contributed by atoms with Gasteiger partial charge in [0.25, 0.3) is 5.91 Å². The fourth-order valence-corrected chi connectivity index (χ4v) is 6.14. The summed E-state index contributed by atoms with van der Waals surface area (Å²) in [5.41, 5.74) is 4.86. The van der Waals surface area contributed by atoms with E-state index in [1.807, 2.05) is 58.0 Å². The number of hydrogen-bond acceptors (Lipinski definition) is 6. The van der Waals surface area contributed by atoms with E-state index in [2.05, 4.69) is 22.8 Å². The highest BCUT2D eigenvalue weighted by atomic mass is 32.1. The molecule has 4 aromatic rings. The number of aromatic nitrogens is 1. The van der Waals surface area contributed by atoms with Crippen molar-refractivity contribution in [3.8, 4) is 11.3 Å². The van der Waals surface area contributed by atoms with Crippen molar-refractivity contribution in [2.24, 2.45) is 0 Å². The zero-order valence-electron chi connectivity index (χ0n) is 20.8. The minimum atomic E-state index is -0.567. The number of amides is 2. The maximum atomic E-state index is 13.0. The van der Waals surface area contributed by atoms with Gasteiger partial charge in [0, 0.05) is 40.2 Å². The van der Waals surface area contributed by atoms with Gasteiger partial charge in [-0.1, -0.05) is 18.2 Å². The van der Waals surface area contributed by atoms with E-state index in [4.69, 9.17) is 9.72 Å². The molecule has 0 saturated heterocycles. The molecule has 184 valence electrons. The summed E-state index contributed by atoms with van der Waals surface area (Å²) >= 11 is 1.50. The number of rotatable bonds is 1. The van der Waals surface area contributed by atoms with E-state index in [0.717, 1.165) is 55.6 Å². The molecule has 0 unspecified atom stereocenters. The van der Waals surface area contributed by atoms with Crippen LogP contribution in [0.15, 0.2) is 42.5 Å². The first kappa shape index (κ1) is 22.8. The Hall–Kier alpha value is -3.65. The summed E-state index contributed by atoms with van der Waals surface area (Å²) in [4.78, 5) is 33.2. The summed E-state index contributed by atoms with van der Waals surface area (Å²) in [7, 11) is 0. The molecular weight excluding hydrogens is 472 g/mol. The molecule has 6 rings (SSSR count). The molecule has 1 atom stereocenters. The number of nitrogens with zero attached hydrogens (tertiary/aromatic N) is 2. The summed E-state index contributed by atoms with van der Waals surface area (Å²) < 4.78 is 6.74. The molecule has 2 amide bonds. The van der Waals surface area contributed by atoms with Crippen LogP contribution in [-0.4, -0.2) is 41.7 Å². The van der Waals surface area contributed by atoms with Crippen LogP contribution < -0.4 is 15.5 Å². The predicted molar refractivity (Wildman–Crippen MR) is 145 cm³/mol. The SMILES string of the molecule is C[C@@H]1CNc2c(sc3ccc4nc(-c5cccc6c5N(C(=O)OC(C)(C)C)CC6)ccc4c23)C(=O)N1. The molecule has 2 aromatic carbocycles. The number of carbonyl (C=O) groups is 2. The zero-order valence-corrected chi connectivity index (χ0v) is 21.6. The minimum absolute atomic E-state index is 0.0384. The van der Waals surface area contributed by atoms with Gasteiger partial charge in [-0.25, -0.2) is 9.78 Å². The average Bonchev–Trinajstić information content (AvgIpc) is 3.40. The molecule has 2 aliphatic rings. The van der Waals surface area contributed by atoms with Gasteiger partial charge in [-0.2, -0.15) is 0 Å². The molecule has 0 radical (unpaired) electrons. The van der Waals surface area contributed by atoms with Crippen molar-refractivity contribution in [2.75, 3.05) is 23.3 Å². The molecule has 0 aliphatic carbocycles. The lowest BCUT2D eigenvalue weighted by atomic mass is 10.0. The number of benzene rings is 2. The van der Waals surface area contributed by atoms with Gasteiger partial charge in [0.15, 0.2) is 0 Å². The van der Waals surface area contributed by atoms with Crippen LogP contribution >= 0.6 is 11.3 Å². The molecule has 7 nitrogen and oxygen atoms in total. The Labute approximate surface area is 213 Å². The predicted octanol–water partition coefficient (Wildman–Crippen LogP) is 5.96. The first-order valence-corrected chi connectivity index (χ1v) is 13.0. The van der Waals surface area contributed by atoms with Gasteiger partial charge in [0.1, 0.15) is 10.5 Å². The van der Waals surface area contributed by atoms with E-state index >= 15 is 0 Å². The second-order valence-electron chi connectivity index (χ2n) is 10.5. The lowest BCUT2D eigenvalue weighted by Gasteiger charge is -2.26. The number of para-hydroxylation sites is 1. The van der Waals surface area contributed by atoms with Gasteiger partial charge in [0.2, 0.25) is 0 Å². The van der Waals surface area contributed by atoms with Crippen LogP contribution in [0.2, 0.25) is 0 Å². The molecular formula is C28H28N4O3S. The third-order valence-corrected chi connectivity index (χ3v) is 7.73. The van der Waals surface area contributed by atoms with E-state index < -0.39 is 5.60 Å². The van der Waals surface area contributed by atoms with Gasteiger partial charge in [-0.15, -0.1) is 11.3 Å². The van der Waals surface area contributed by atoms with Gasteiger partial charge in [-0.3, -0.25) is 9.69 Å². The zero-order chi connectivity index (χ0) is 25.2. The molecule has 2 N–H and O–H groups in total. The monoisotopic (exact) mass is 500 g/mol. The van der Waals surface area contributed by atoms with Crippen LogP contribution in [0.5, 0.6) is 0 Å². The Kier molecular flexibility index (Phi) is 5.19. The molecule has 2 aliphatic heterocycles. The Morgan fingerprint density at radius 1 is 1.17 bits per heavy atom. The lowest BCUT2D eigenvalue weighted by Crippen LogP contribution is -2.35. The van der Waals surface area contributed by atoms with Crippen molar-refractivity contribution in [1.82, 2.24) is 10.3 Å². The number of pyridine rings is 1. The lowest BCUT2D eigenvalue weighted by molar-refractivity contribution is 0.0584. The fourth-order valence-electron chi connectivity index (χ4n) is 5.04. The summed E-state index contributed by atoms with van der Waals surface area (Å²) in [5.74, 6) is -0.0384. The summed E-state index contributed by atoms with van der Waals surface area (Å²) in [6.45, 7) is 8.89. The van der Waals surface area contributed by atoms with Gasteiger partial charge >= 0.3 is 6.09 Å². The van der Waals surface area contributed by atoms with Crippen molar-refractivity contribution in [3.63, 3.8) is 0 Å². The van der Waals surface area contributed by atoms with Crippen LogP contribution in [0.3, 0.4) is 0 Å². The quantitative estimate of drug-likeness (QED) is 0.337. The van der Waals surface area contributed by atoms with Crippen molar-refractivity contribution < 1.29 is 14.3 Å². The summed E-state index contributed by atoms with van der Waals surface area (Å²) in [5, 5.41) is 8.55. The second kappa shape index (κ2) is 8.20. The van der Waals surface area contributed by atoms with Gasteiger partial charge in [0.05, 0.1) is 22.6 Å². The number of ether oxygens (including phenoxy) is 1. The summed E-state index contributed by atoms with van der Waals surface area (Å²) in [6, 6.07) is 14.3. The summed E-state index contributed by atoms with van der Waals surface area (Å²) in [6.07, 6.45) is 0.444. The van der Waals surface area contributed by atoms with Gasteiger partial charge < -0.3 is 15.4 Å². The molecule has 0 spiro atoms. The van der Waals surface area contributed by atoms with E-state index in [-0.39, 0.29) is 18.0 Å². The fraction of sp³-hybridized carbons (Fsp3) is 0.321. The maximum Gasteiger partial charge on any atom is 0.414 e. The van der Waals surface area contributed by atoms with Crippen LogP contribution in [-0.2, 0) is 11.2 Å². The van der Waals surface area contributed by atoms with Crippen LogP contribution in [0.25, 0.3) is 32.2 Å². The number of carbonyl (C=O) groups excluding carboxylic acids is 2. The first-order valence-electron chi connectivity index (χ1n) is 12.2. The number of anilines is 2. The standard InChI is InChI=1S/C28H28N4O3S/c1-15-14-29-23-22-17-8-9-20(31-19(17)10-11-21(22)36-25(23)26(33)30-15)18-7-5-6-16-12-13-32(24(16)18)27(34)35-28(2,3)4/h5-11,15,29H,12-14H2,1-4H3,(H,30,33)/t15-/m1/s1. The van der Waals surface area contributed by atoms with E-state index in [1.165, 1.54) is 11.3 Å².